The maximum absolute atomic E-state index is 13.2. The van der Waals surface area contributed by atoms with Gasteiger partial charge < -0.3 is 5.73 Å². The summed E-state index contributed by atoms with van der Waals surface area (Å²) in [7, 11) is 0. The molecule has 3 heteroatoms. The average molecular weight is 252 g/mol. The van der Waals surface area contributed by atoms with E-state index in [1.807, 2.05) is 6.07 Å². The number of hydrogen-bond acceptors (Lipinski definition) is 2. The second-order valence-corrected chi connectivity index (χ2v) is 5.60. The number of rotatable bonds is 6. The molecule has 0 amide bonds. The Morgan fingerprint density at radius 2 is 1.83 bits per heavy atom. The number of benzene rings is 1. The van der Waals surface area contributed by atoms with Crippen LogP contribution in [0.1, 0.15) is 39.3 Å². The van der Waals surface area contributed by atoms with Crippen LogP contribution in [0.15, 0.2) is 24.3 Å². The molecule has 0 saturated heterocycles. The quantitative estimate of drug-likeness (QED) is 0.842. The van der Waals surface area contributed by atoms with E-state index in [9.17, 15) is 4.39 Å². The minimum Gasteiger partial charge on any atom is -0.323 e. The molecule has 102 valence electrons. The lowest BCUT2D eigenvalue weighted by Crippen LogP contribution is -2.39. The van der Waals surface area contributed by atoms with Gasteiger partial charge in [0.2, 0.25) is 0 Å². The first kappa shape index (κ1) is 15.1. The third-order valence-corrected chi connectivity index (χ3v) is 3.04. The summed E-state index contributed by atoms with van der Waals surface area (Å²) in [4.78, 5) is 2.35. The number of hydrogen-bond donors (Lipinski definition) is 1. The van der Waals surface area contributed by atoms with Crippen molar-refractivity contribution >= 4 is 0 Å². The average Bonchev–Trinajstić information content (AvgIpc) is 2.27. The lowest BCUT2D eigenvalue weighted by Gasteiger charge is -2.30. The zero-order chi connectivity index (χ0) is 13.7. The Morgan fingerprint density at radius 3 is 2.33 bits per heavy atom. The van der Waals surface area contributed by atoms with Gasteiger partial charge in [-0.1, -0.05) is 26.0 Å². The highest BCUT2D eigenvalue weighted by Crippen LogP contribution is 2.15. The van der Waals surface area contributed by atoms with Gasteiger partial charge in [-0.3, -0.25) is 4.90 Å². The maximum atomic E-state index is 13.2. The summed E-state index contributed by atoms with van der Waals surface area (Å²) < 4.78 is 13.2. The molecule has 0 spiro atoms. The molecule has 1 rings (SSSR count). The van der Waals surface area contributed by atoms with Gasteiger partial charge in [0, 0.05) is 25.2 Å². The van der Waals surface area contributed by atoms with Crippen molar-refractivity contribution in [2.45, 2.75) is 39.8 Å². The standard InChI is InChI=1S/C15H25FN2/c1-11(2)9-18(12(3)4)10-15(17)13-6-5-7-14(16)8-13/h5-8,11-12,15H,9-10,17H2,1-4H3. The van der Waals surface area contributed by atoms with Crippen LogP contribution in [0.25, 0.3) is 0 Å². The minimum atomic E-state index is -0.220. The highest BCUT2D eigenvalue weighted by atomic mass is 19.1. The molecule has 0 saturated carbocycles. The SMILES string of the molecule is CC(C)CN(CC(N)c1cccc(F)c1)C(C)C. The van der Waals surface area contributed by atoms with E-state index in [1.54, 1.807) is 6.07 Å². The monoisotopic (exact) mass is 252 g/mol. The summed E-state index contributed by atoms with van der Waals surface area (Å²) >= 11 is 0. The van der Waals surface area contributed by atoms with E-state index in [0.29, 0.717) is 12.0 Å². The van der Waals surface area contributed by atoms with E-state index in [2.05, 4.69) is 32.6 Å². The molecule has 1 atom stereocenters. The maximum Gasteiger partial charge on any atom is 0.123 e. The van der Waals surface area contributed by atoms with Crippen LogP contribution in [0.5, 0.6) is 0 Å². The van der Waals surface area contributed by atoms with E-state index in [1.165, 1.54) is 12.1 Å². The summed E-state index contributed by atoms with van der Waals surface area (Å²) in [5.41, 5.74) is 7.04. The predicted octanol–water partition coefficient (Wildman–Crippen LogP) is 3.19. The molecule has 1 unspecified atom stereocenters. The van der Waals surface area contributed by atoms with Crippen LogP contribution in [0, 0.1) is 11.7 Å². The fraction of sp³-hybridized carbons (Fsp3) is 0.600. The van der Waals surface area contributed by atoms with Gasteiger partial charge in [-0.2, -0.15) is 0 Å². The van der Waals surface area contributed by atoms with Crippen LogP contribution >= 0.6 is 0 Å². The Morgan fingerprint density at radius 1 is 1.17 bits per heavy atom. The first-order valence-electron chi connectivity index (χ1n) is 6.65. The van der Waals surface area contributed by atoms with Crippen LogP contribution in [-0.2, 0) is 0 Å². The van der Waals surface area contributed by atoms with Crippen molar-refractivity contribution in [2.24, 2.45) is 11.7 Å². The number of halogens is 1. The highest BCUT2D eigenvalue weighted by molar-refractivity contribution is 5.20. The van der Waals surface area contributed by atoms with Crippen LogP contribution in [0.3, 0.4) is 0 Å². The predicted molar refractivity (Wildman–Crippen MR) is 74.9 cm³/mol. The fourth-order valence-corrected chi connectivity index (χ4v) is 2.06. The van der Waals surface area contributed by atoms with Crippen LogP contribution < -0.4 is 5.73 Å². The zero-order valence-electron chi connectivity index (χ0n) is 11.9. The van der Waals surface area contributed by atoms with Crippen molar-refractivity contribution in [3.8, 4) is 0 Å². The molecule has 0 aliphatic heterocycles. The van der Waals surface area contributed by atoms with Crippen molar-refractivity contribution in [1.29, 1.82) is 0 Å². The lowest BCUT2D eigenvalue weighted by atomic mass is 10.1. The van der Waals surface area contributed by atoms with E-state index in [4.69, 9.17) is 5.73 Å². The van der Waals surface area contributed by atoms with Crippen molar-refractivity contribution in [1.82, 2.24) is 4.90 Å². The summed E-state index contributed by atoms with van der Waals surface area (Å²) in [6, 6.07) is 6.89. The highest BCUT2D eigenvalue weighted by Gasteiger charge is 2.16. The Labute approximate surface area is 110 Å². The summed E-state index contributed by atoms with van der Waals surface area (Å²) in [5.74, 6) is 0.384. The van der Waals surface area contributed by atoms with Gasteiger partial charge in [-0.15, -0.1) is 0 Å². The third-order valence-electron chi connectivity index (χ3n) is 3.04. The molecule has 2 N–H and O–H groups in total. The number of nitrogens with two attached hydrogens (primary N) is 1. The Bertz CT molecular complexity index is 363. The summed E-state index contributed by atoms with van der Waals surface area (Å²) in [5, 5.41) is 0. The second kappa shape index (κ2) is 6.86. The van der Waals surface area contributed by atoms with Crippen molar-refractivity contribution in [3.63, 3.8) is 0 Å². The summed E-state index contributed by atoms with van der Waals surface area (Å²) in [6.07, 6.45) is 0. The van der Waals surface area contributed by atoms with Gasteiger partial charge in [0.1, 0.15) is 5.82 Å². The largest absolute Gasteiger partial charge is 0.323 e. The minimum absolute atomic E-state index is 0.137. The van der Waals surface area contributed by atoms with Crippen LogP contribution in [-0.4, -0.2) is 24.0 Å². The van der Waals surface area contributed by atoms with Gasteiger partial charge in [-0.25, -0.2) is 4.39 Å². The molecule has 0 fully saturated rings. The molecule has 18 heavy (non-hydrogen) atoms. The molecular formula is C15H25FN2. The normalized spacial score (nSPS) is 13.6. The van der Waals surface area contributed by atoms with Gasteiger partial charge >= 0.3 is 0 Å². The smallest absolute Gasteiger partial charge is 0.123 e. The van der Waals surface area contributed by atoms with Gasteiger partial charge in [0.05, 0.1) is 0 Å². The topological polar surface area (TPSA) is 29.3 Å². The third kappa shape index (κ3) is 4.75. The van der Waals surface area contributed by atoms with Gasteiger partial charge in [-0.05, 0) is 37.5 Å². The first-order valence-corrected chi connectivity index (χ1v) is 6.65. The Hall–Kier alpha value is -0.930. The van der Waals surface area contributed by atoms with E-state index < -0.39 is 0 Å². The molecule has 0 heterocycles. The van der Waals surface area contributed by atoms with Gasteiger partial charge in [0.15, 0.2) is 0 Å². The lowest BCUT2D eigenvalue weighted by molar-refractivity contribution is 0.186. The molecular weight excluding hydrogens is 227 g/mol. The number of nitrogens with zero attached hydrogens (tertiary/aromatic N) is 1. The Balaban J connectivity index is 2.69. The fourth-order valence-electron chi connectivity index (χ4n) is 2.06. The van der Waals surface area contributed by atoms with Gasteiger partial charge in [0.25, 0.3) is 0 Å². The molecule has 0 aliphatic carbocycles. The van der Waals surface area contributed by atoms with Crippen molar-refractivity contribution in [2.75, 3.05) is 13.1 Å². The van der Waals surface area contributed by atoms with E-state index in [0.717, 1.165) is 18.7 Å². The van der Waals surface area contributed by atoms with Crippen molar-refractivity contribution < 1.29 is 4.39 Å². The van der Waals surface area contributed by atoms with Crippen LogP contribution in [0.4, 0.5) is 4.39 Å². The van der Waals surface area contributed by atoms with Crippen molar-refractivity contribution in [3.05, 3.63) is 35.6 Å². The van der Waals surface area contributed by atoms with E-state index in [-0.39, 0.29) is 11.9 Å². The zero-order valence-corrected chi connectivity index (χ0v) is 11.9. The van der Waals surface area contributed by atoms with Crippen LogP contribution in [0.2, 0.25) is 0 Å². The molecule has 0 radical (unpaired) electrons. The molecule has 0 aliphatic rings. The molecule has 0 bridgehead atoms. The summed E-state index contributed by atoms with van der Waals surface area (Å²) in [6.45, 7) is 10.5. The molecule has 2 nitrogen and oxygen atoms in total. The molecule has 0 aromatic heterocycles. The molecule has 1 aromatic carbocycles. The second-order valence-electron chi connectivity index (χ2n) is 5.60. The van der Waals surface area contributed by atoms with E-state index >= 15 is 0 Å². The molecule has 1 aromatic rings. The first-order chi connectivity index (χ1) is 8.40. The Kier molecular flexibility index (Phi) is 5.76.